The van der Waals surface area contributed by atoms with Gasteiger partial charge < -0.3 is 8.92 Å². The summed E-state index contributed by atoms with van der Waals surface area (Å²) in [7, 11) is -4.39. The fourth-order valence-electron chi connectivity index (χ4n) is 1.77. The van der Waals surface area contributed by atoms with Crippen LogP contribution in [0.25, 0.3) is 0 Å². The second kappa shape index (κ2) is 6.52. The highest BCUT2D eigenvalue weighted by molar-refractivity contribution is 7.87. The highest BCUT2D eigenvalue weighted by Gasteiger charge is 2.31. The fraction of sp³-hybridized carbons (Fsp3) is 0.133. The van der Waals surface area contributed by atoms with Crippen LogP contribution in [0.2, 0.25) is 0 Å². The summed E-state index contributed by atoms with van der Waals surface area (Å²) in [5.74, 6) is -1.12. The molecule has 0 heterocycles. The first-order valence-electron chi connectivity index (χ1n) is 6.48. The minimum atomic E-state index is -4.95. The lowest BCUT2D eigenvalue weighted by Gasteiger charge is -2.11. The Balaban J connectivity index is 2.29. The number of benzene rings is 2. The Morgan fingerprint density at radius 2 is 1.62 bits per heavy atom. The molecule has 128 valence electrons. The van der Waals surface area contributed by atoms with Gasteiger partial charge in [0.25, 0.3) is 0 Å². The number of ketones is 1. The maximum Gasteiger partial charge on any atom is 0.573 e. The van der Waals surface area contributed by atoms with E-state index < -0.39 is 27.1 Å². The highest BCUT2D eigenvalue weighted by Crippen LogP contribution is 2.26. The molecule has 2 rings (SSSR count). The van der Waals surface area contributed by atoms with Crippen LogP contribution < -0.4 is 8.92 Å². The lowest BCUT2D eigenvalue weighted by Crippen LogP contribution is -2.17. The molecular formula is C15H11F3O5S. The van der Waals surface area contributed by atoms with E-state index in [1.165, 1.54) is 31.2 Å². The minimum Gasteiger partial charge on any atom is -0.406 e. The SMILES string of the molecule is CC(=O)c1cccc(OS(=O)(=O)c2cccc(OC(F)(F)F)c2)c1. The van der Waals surface area contributed by atoms with Crippen LogP contribution in [0.4, 0.5) is 13.2 Å². The topological polar surface area (TPSA) is 69.7 Å². The first-order chi connectivity index (χ1) is 11.1. The Bertz CT molecular complexity index is 859. The molecule has 0 amide bonds. The number of carbonyl (C=O) groups is 1. The molecule has 2 aromatic carbocycles. The van der Waals surface area contributed by atoms with Crippen LogP contribution in [0.5, 0.6) is 11.5 Å². The second-order valence-corrected chi connectivity index (χ2v) is 6.19. The molecule has 9 heteroatoms. The average molecular weight is 360 g/mol. The molecule has 0 aliphatic rings. The van der Waals surface area contributed by atoms with Gasteiger partial charge >= 0.3 is 16.5 Å². The van der Waals surface area contributed by atoms with Gasteiger partial charge in [0, 0.05) is 11.6 Å². The molecule has 0 bridgehead atoms. The number of alkyl halides is 3. The second-order valence-electron chi connectivity index (χ2n) is 4.64. The summed E-state index contributed by atoms with van der Waals surface area (Å²) in [4.78, 5) is 10.8. The van der Waals surface area contributed by atoms with Gasteiger partial charge in [-0.1, -0.05) is 18.2 Å². The summed E-state index contributed by atoms with van der Waals surface area (Å²) in [5, 5.41) is 0. The summed E-state index contributed by atoms with van der Waals surface area (Å²) in [6.45, 7) is 1.30. The van der Waals surface area contributed by atoms with Crippen molar-refractivity contribution in [1.29, 1.82) is 0 Å². The molecule has 0 fully saturated rings. The van der Waals surface area contributed by atoms with Gasteiger partial charge in [0.15, 0.2) is 5.78 Å². The Labute approximate surface area is 135 Å². The number of halogens is 3. The van der Waals surface area contributed by atoms with Crippen molar-refractivity contribution >= 4 is 15.9 Å². The zero-order chi connectivity index (χ0) is 18.0. The van der Waals surface area contributed by atoms with Crippen LogP contribution in [-0.2, 0) is 10.1 Å². The van der Waals surface area contributed by atoms with E-state index in [0.717, 1.165) is 18.2 Å². The molecular weight excluding hydrogens is 349 g/mol. The van der Waals surface area contributed by atoms with Gasteiger partial charge in [0.05, 0.1) is 0 Å². The average Bonchev–Trinajstić information content (AvgIpc) is 2.45. The third-order valence-corrected chi connectivity index (χ3v) is 4.02. The van der Waals surface area contributed by atoms with Gasteiger partial charge in [0.1, 0.15) is 16.4 Å². The Kier molecular flexibility index (Phi) is 4.83. The quantitative estimate of drug-likeness (QED) is 0.602. The number of rotatable bonds is 5. The predicted octanol–water partition coefficient (Wildman–Crippen LogP) is 3.56. The molecule has 0 aliphatic carbocycles. The molecule has 0 N–H and O–H groups in total. The van der Waals surface area contributed by atoms with Crippen LogP contribution >= 0.6 is 0 Å². The smallest absolute Gasteiger partial charge is 0.406 e. The van der Waals surface area contributed by atoms with E-state index in [1.54, 1.807) is 0 Å². The summed E-state index contributed by atoms with van der Waals surface area (Å²) < 4.78 is 69.4. The number of Topliss-reactive ketones (excluding diaryl/α,β-unsaturated/α-hetero) is 1. The van der Waals surface area contributed by atoms with Crippen molar-refractivity contribution in [2.75, 3.05) is 0 Å². The highest BCUT2D eigenvalue weighted by atomic mass is 32.2. The Hall–Kier alpha value is -2.55. The normalized spacial score (nSPS) is 11.8. The van der Waals surface area contributed by atoms with E-state index in [0.29, 0.717) is 6.07 Å². The van der Waals surface area contributed by atoms with Crippen molar-refractivity contribution in [2.24, 2.45) is 0 Å². The van der Waals surface area contributed by atoms with E-state index in [4.69, 9.17) is 4.18 Å². The van der Waals surface area contributed by atoms with E-state index in [1.807, 2.05) is 0 Å². The molecule has 0 saturated carbocycles. The Morgan fingerprint density at radius 3 is 2.25 bits per heavy atom. The van der Waals surface area contributed by atoms with E-state index in [9.17, 15) is 26.4 Å². The van der Waals surface area contributed by atoms with Gasteiger partial charge in [-0.3, -0.25) is 4.79 Å². The molecule has 0 aliphatic heterocycles. The standard InChI is InChI=1S/C15H11F3O5S/c1-10(19)11-4-2-6-13(8-11)23-24(20,21)14-7-3-5-12(9-14)22-15(16,17)18/h2-9H,1H3. The summed E-state index contributed by atoms with van der Waals surface area (Å²) >= 11 is 0. The van der Waals surface area contributed by atoms with E-state index in [-0.39, 0.29) is 17.1 Å². The molecule has 0 atom stereocenters. The molecule has 24 heavy (non-hydrogen) atoms. The van der Waals surface area contributed by atoms with E-state index in [2.05, 4.69) is 4.74 Å². The maximum atomic E-state index is 12.2. The molecule has 0 aromatic heterocycles. The van der Waals surface area contributed by atoms with Gasteiger partial charge in [-0.2, -0.15) is 8.42 Å². The predicted molar refractivity (Wildman–Crippen MR) is 77.4 cm³/mol. The molecule has 0 spiro atoms. The largest absolute Gasteiger partial charge is 0.573 e. The molecule has 0 radical (unpaired) electrons. The fourth-order valence-corrected chi connectivity index (χ4v) is 2.73. The van der Waals surface area contributed by atoms with Crippen molar-refractivity contribution in [3.63, 3.8) is 0 Å². The molecule has 0 unspecified atom stereocenters. The van der Waals surface area contributed by atoms with Crippen molar-refractivity contribution in [2.45, 2.75) is 18.2 Å². The zero-order valence-corrected chi connectivity index (χ0v) is 13.0. The molecule has 5 nitrogen and oxygen atoms in total. The van der Waals surface area contributed by atoms with Crippen molar-refractivity contribution in [3.05, 3.63) is 54.1 Å². The zero-order valence-electron chi connectivity index (χ0n) is 12.2. The van der Waals surface area contributed by atoms with Gasteiger partial charge in [-0.25, -0.2) is 0 Å². The van der Waals surface area contributed by atoms with E-state index >= 15 is 0 Å². The molecule has 2 aromatic rings. The van der Waals surface area contributed by atoms with Crippen molar-refractivity contribution < 1.29 is 35.3 Å². The summed E-state index contributed by atoms with van der Waals surface area (Å²) in [5.41, 5.74) is 0.233. The number of ether oxygens (including phenoxy) is 1. The Morgan fingerprint density at radius 1 is 1.00 bits per heavy atom. The lowest BCUT2D eigenvalue weighted by molar-refractivity contribution is -0.274. The van der Waals surface area contributed by atoms with Gasteiger partial charge in [-0.15, -0.1) is 13.2 Å². The lowest BCUT2D eigenvalue weighted by atomic mass is 10.1. The van der Waals surface area contributed by atoms with Crippen LogP contribution in [0.15, 0.2) is 53.4 Å². The third-order valence-electron chi connectivity index (χ3n) is 2.77. The summed E-state index contributed by atoms with van der Waals surface area (Å²) in [6.07, 6.45) is -4.95. The van der Waals surface area contributed by atoms with Crippen LogP contribution in [-0.4, -0.2) is 20.6 Å². The molecule has 0 saturated heterocycles. The number of carbonyl (C=O) groups excluding carboxylic acids is 1. The monoisotopic (exact) mass is 360 g/mol. The number of hydrogen-bond acceptors (Lipinski definition) is 5. The van der Waals surface area contributed by atoms with Crippen LogP contribution in [0.1, 0.15) is 17.3 Å². The van der Waals surface area contributed by atoms with Gasteiger partial charge in [0.2, 0.25) is 0 Å². The first-order valence-corrected chi connectivity index (χ1v) is 7.89. The van der Waals surface area contributed by atoms with Crippen LogP contribution in [0.3, 0.4) is 0 Å². The van der Waals surface area contributed by atoms with Crippen molar-refractivity contribution in [1.82, 2.24) is 0 Å². The third kappa shape index (κ3) is 4.72. The van der Waals surface area contributed by atoms with Crippen molar-refractivity contribution in [3.8, 4) is 11.5 Å². The van der Waals surface area contributed by atoms with Crippen LogP contribution in [0, 0.1) is 0 Å². The maximum absolute atomic E-state index is 12.2. The minimum absolute atomic E-state index is 0.134. The van der Waals surface area contributed by atoms with Gasteiger partial charge in [-0.05, 0) is 31.2 Å². The first kappa shape index (κ1) is 17.8. The summed E-state index contributed by atoms with van der Waals surface area (Å²) in [6, 6.07) is 9.22. The number of hydrogen-bond donors (Lipinski definition) is 0.